The first-order valence-corrected chi connectivity index (χ1v) is 13.5. The van der Waals surface area contributed by atoms with Gasteiger partial charge in [0, 0.05) is 13.1 Å². The van der Waals surface area contributed by atoms with Crippen molar-refractivity contribution < 1.29 is 40.1 Å². The highest BCUT2D eigenvalue weighted by Gasteiger charge is 2.45. The van der Waals surface area contributed by atoms with E-state index in [1.54, 1.807) is 0 Å². The van der Waals surface area contributed by atoms with Crippen molar-refractivity contribution >= 4 is 34.0 Å². The van der Waals surface area contributed by atoms with E-state index in [1.165, 1.54) is 34.4 Å². The Kier molecular flexibility index (Phi) is 8.10. The molecule has 0 aromatic carbocycles. The molecule has 2 aliphatic rings. The summed E-state index contributed by atoms with van der Waals surface area (Å²) >= 11 is 0. The molecule has 8 atom stereocenters. The van der Waals surface area contributed by atoms with Gasteiger partial charge in [-0.2, -0.15) is 0 Å². The fourth-order valence-corrected chi connectivity index (χ4v) is 5.22. The van der Waals surface area contributed by atoms with Crippen molar-refractivity contribution in [2.24, 2.45) is 0 Å². The zero-order valence-electron chi connectivity index (χ0n) is 22.2. The summed E-state index contributed by atoms with van der Waals surface area (Å²) in [6.45, 7) is 0.292. The number of aliphatic hydroxyl groups is 6. The van der Waals surface area contributed by atoms with Crippen molar-refractivity contribution in [3.63, 3.8) is 0 Å². The molecule has 0 amide bonds. The third-order valence-corrected chi connectivity index (χ3v) is 7.49. The third-order valence-electron chi connectivity index (χ3n) is 7.49. The van der Waals surface area contributed by atoms with E-state index < -0.39 is 62.3 Å². The molecule has 18 heteroatoms. The van der Waals surface area contributed by atoms with E-state index in [9.17, 15) is 30.6 Å². The summed E-state index contributed by atoms with van der Waals surface area (Å²) in [5.41, 5.74) is 1.77. The van der Waals surface area contributed by atoms with E-state index in [1.807, 2.05) is 0 Å². The van der Waals surface area contributed by atoms with Crippen molar-refractivity contribution in [2.75, 3.05) is 36.9 Å². The van der Waals surface area contributed by atoms with Crippen LogP contribution in [-0.2, 0) is 9.47 Å². The molecule has 0 aliphatic carbocycles. The smallest absolute Gasteiger partial charge is 0.167 e. The normalized spacial score (nSPS) is 29.6. The number of hydrogen-bond donors (Lipinski definition) is 8. The number of fused-ring (bicyclic) bond motifs is 2. The van der Waals surface area contributed by atoms with Gasteiger partial charge in [-0.15, -0.1) is 0 Å². The summed E-state index contributed by atoms with van der Waals surface area (Å²) in [7, 11) is 0. The molecule has 2 saturated heterocycles. The van der Waals surface area contributed by atoms with Crippen LogP contribution in [0.3, 0.4) is 0 Å². The lowest BCUT2D eigenvalue weighted by Gasteiger charge is -2.16. The highest BCUT2D eigenvalue weighted by molar-refractivity contribution is 5.83. The minimum absolute atomic E-state index is 0.410. The van der Waals surface area contributed by atoms with Crippen molar-refractivity contribution in [1.29, 1.82) is 0 Å². The minimum atomic E-state index is -1.25. The highest BCUT2D eigenvalue weighted by Crippen LogP contribution is 2.33. The second-order valence-corrected chi connectivity index (χ2v) is 10.1. The van der Waals surface area contributed by atoms with E-state index in [2.05, 4.69) is 40.5 Å². The van der Waals surface area contributed by atoms with Gasteiger partial charge in [-0.1, -0.05) is 0 Å². The molecule has 4 aromatic rings. The summed E-state index contributed by atoms with van der Waals surface area (Å²) in [6.07, 6.45) is -1.53. The zero-order chi connectivity index (χ0) is 29.4. The lowest BCUT2D eigenvalue weighted by Crippen LogP contribution is -2.33. The summed E-state index contributed by atoms with van der Waals surface area (Å²) in [5, 5.41) is 66.1. The van der Waals surface area contributed by atoms with Gasteiger partial charge in [0.1, 0.15) is 49.3 Å². The number of imidazole rings is 2. The fraction of sp³-hybridized carbons (Fsp3) is 0.583. The Morgan fingerprint density at radius 3 is 1.43 bits per heavy atom. The molecule has 8 N–H and O–H groups in total. The fourth-order valence-electron chi connectivity index (χ4n) is 5.22. The number of rotatable bonds is 11. The lowest BCUT2D eigenvalue weighted by atomic mass is 10.1. The van der Waals surface area contributed by atoms with Crippen molar-refractivity contribution in [2.45, 2.75) is 61.9 Å². The van der Waals surface area contributed by atoms with Crippen molar-refractivity contribution in [1.82, 2.24) is 39.0 Å². The summed E-state index contributed by atoms with van der Waals surface area (Å²) in [6, 6.07) is 0. The molecule has 6 heterocycles. The Labute approximate surface area is 237 Å². The maximum absolute atomic E-state index is 10.4. The van der Waals surface area contributed by atoms with E-state index in [0.717, 1.165) is 12.8 Å². The van der Waals surface area contributed by atoms with Gasteiger partial charge in [-0.25, -0.2) is 29.9 Å². The Morgan fingerprint density at radius 1 is 0.619 bits per heavy atom. The van der Waals surface area contributed by atoms with Gasteiger partial charge in [0.15, 0.2) is 46.4 Å². The molecule has 2 aliphatic heterocycles. The highest BCUT2D eigenvalue weighted by atomic mass is 16.6. The van der Waals surface area contributed by atoms with E-state index >= 15 is 0 Å². The number of nitrogens with zero attached hydrogens (tertiary/aromatic N) is 8. The molecule has 0 saturated carbocycles. The molecule has 4 aromatic heterocycles. The number of nitrogens with one attached hydrogen (secondary N) is 2. The van der Waals surface area contributed by atoms with Crippen LogP contribution in [-0.4, -0.2) is 133 Å². The topological polar surface area (TPSA) is 251 Å². The number of ether oxygens (including phenoxy) is 2. The first-order valence-electron chi connectivity index (χ1n) is 13.5. The van der Waals surface area contributed by atoms with Crippen LogP contribution < -0.4 is 10.6 Å². The number of unbranched alkanes of at least 4 members (excludes halogenated alkanes) is 1. The van der Waals surface area contributed by atoms with Gasteiger partial charge in [-0.3, -0.25) is 9.13 Å². The van der Waals surface area contributed by atoms with Crippen LogP contribution in [0.15, 0.2) is 25.3 Å². The quantitative estimate of drug-likeness (QED) is 0.0842. The van der Waals surface area contributed by atoms with Gasteiger partial charge in [0.25, 0.3) is 0 Å². The summed E-state index contributed by atoms with van der Waals surface area (Å²) in [5.74, 6) is 1.01. The monoisotopic (exact) mass is 588 g/mol. The molecular formula is C24H32N10O8. The number of anilines is 2. The molecule has 0 spiro atoms. The Bertz CT molecular complexity index is 1410. The van der Waals surface area contributed by atoms with Gasteiger partial charge < -0.3 is 50.7 Å². The van der Waals surface area contributed by atoms with Gasteiger partial charge in [0.05, 0.1) is 25.9 Å². The predicted molar refractivity (Wildman–Crippen MR) is 143 cm³/mol. The molecule has 226 valence electrons. The van der Waals surface area contributed by atoms with Crippen LogP contribution in [0.5, 0.6) is 0 Å². The minimum Gasteiger partial charge on any atom is -0.394 e. The summed E-state index contributed by atoms with van der Waals surface area (Å²) < 4.78 is 14.2. The van der Waals surface area contributed by atoms with E-state index in [4.69, 9.17) is 9.47 Å². The van der Waals surface area contributed by atoms with Crippen molar-refractivity contribution in [3.8, 4) is 0 Å². The molecule has 42 heavy (non-hydrogen) atoms. The maximum Gasteiger partial charge on any atom is 0.167 e. The Hall–Kier alpha value is -3.62. The first kappa shape index (κ1) is 28.5. The van der Waals surface area contributed by atoms with Crippen molar-refractivity contribution in [3.05, 3.63) is 25.3 Å². The predicted octanol–water partition coefficient (Wildman–Crippen LogP) is -2.51. The summed E-state index contributed by atoms with van der Waals surface area (Å²) in [4.78, 5) is 25.8. The zero-order valence-corrected chi connectivity index (χ0v) is 22.2. The Morgan fingerprint density at radius 2 is 1.05 bits per heavy atom. The van der Waals surface area contributed by atoms with E-state index in [0.29, 0.717) is 47.1 Å². The van der Waals surface area contributed by atoms with Gasteiger partial charge in [0.2, 0.25) is 0 Å². The SMILES string of the molecule is OC[C@H]1OC(n2cnc3c(NCCCCNc4ncnc5c4ncn5C4O[C@H](CO)[C@@H](O)[C@H]4O)ncnc32)[C@@H](O)[C@H]1O. The molecular weight excluding hydrogens is 556 g/mol. The number of hydrogen-bond acceptors (Lipinski definition) is 16. The van der Waals surface area contributed by atoms with Gasteiger partial charge in [-0.05, 0) is 12.8 Å². The average molecular weight is 589 g/mol. The molecule has 6 rings (SSSR count). The van der Waals surface area contributed by atoms with Crippen LogP contribution >= 0.6 is 0 Å². The van der Waals surface area contributed by atoms with Crippen LogP contribution in [0, 0.1) is 0 Å². The average Bonchev–Trinajstić information content (AvgIpc) is 3.76. The molecule has 0 radical (unpaired) electrons. The standard InChI is InChI=1S/C24H32N10O8/c35-5-11-15(37)17(39)23(41-11)33-9-31-13-19(27-7-29-21(13)33)25-3-1-2-4-26-20-14-22(30-8-28-20)34(10-32-14)24-18(40)16(38)12(6-36)42-24/h7-12,15-18,23-24,35-40H,1-6H2,(H,25,27,29)(H,26,28,30)/t11-,12-,15-,16+,17-,18+,23?,24?/m1/s1. The first-order chi connectivity index (χ1) is 20.4. The van der Waals surface area contributed by atoms with E-state index in [-0.39, 0.29) is 0 Å². The Balaban J connectivity index is 1.03. The number of aromatic nitrogens is 8. The molecule has 18 nitrogen and oxygen atoms in total. The lowest BCUT2D eigenvalue weighted by molar-refractivity contribution is -0.0511. The van der Waals surface area contributed by atoms with Crippen LogP contribution in [0.25, 0.3) is 22.3 Å². The second kappa shape index (κ2) is 11.9. The van der Waals surface area contributed by atoms with Crippen LogP contribution in [0.1, 0.15) is 25.3 Å². The van der Waals surface area contributed by atoms with Gasteiger partial charge >= 0.3 is 0 Å². The molecule has 2 fully saturated rings. The molecule has 0 bridgehead atoms. The molecule has 2 unspecified atom stereocenters. The largest absolute Gasteiger partial charge is 0.394 e. The number of aliphatic hydroxyl groups excluding tert-OH is 6. The van der Waals surface area contributed by atoms with Crippen LogP contribution in [0.2, 0.25) is 0 Å². The second-order valence-electron chi connectivity index (χ2n) is 10.1. The maximum atomic E-state index is 10.4. The van der Waals surface area contributed by atoms with Crippen LogP contribution in [0.4, 0.5) is 11.6 Å². The third kappa shape index (κ3) is 5.01.